The predicted octanol–water partition coefficient (Wildman–Crippen LogP) is -0.162. The highest BCUT2D eigenvalue weighted by molar-refractivity contribution is 7.92. The zero-order valence-electron chi connectivity index (χ0n) is 10.4. The maximum atomic E-state index is 12.2. The number of rotatable bonds is 5. The van der Waals surface area contributed by atoms with E-state index in [1.165, 1.54) is 12.3 Å². The van der Waals surface area contributed by atoms with Gasteiger partial charge < -0.3 is 5.32 Å². The highest BCUT2D eigenvalue weighted by atomic mass is 32.2. The molecular formula is C9H13N7O2S. The van der Waals surface area contributed by atoms with Crippen LogP contribution in [-0.4, -0.2) is 40.2 Å². The number of tetrazole rings is 1. The van der Waals surface area contributed by atoms with Gasteiger partial charge in [-0.3, -0.25) is 0 Å². The van der Waals surface area contributed by atoms with Crippen LogP contribution in [0.25, 0.3) is 0 Å². The van der Waals surface area contributed by atoms with Crippen LogP contribution in [-0.2, 0) is 17.1 Å². The number of pyridine rings is 1. The molecule has 102 valence electrons. The molecule has 0 aliphatic rings. The third-order valence-electron chi connectivity index (χ3n) is 2.14. The lowest BCUT2D eigenvalue weighted by Gasteiger charge is -2.09. The topological polar surface area (TPSA) is 115 Å². The molecule has 0 aliphatic carbocycles. The van der Waals surface area contributed by atoms with Gasteiger partial charge in [-0.15, -0.1) is 5.10 Å². The van der Waals surface area contributed by atoms with Crippen molar-refractivity contribution in [3.05, 3.63) is 18.3 Å². The molecule has 0 unspecified atom stereocenters. The van der Waals surface area contributed by atoms with Crippen LogP contribution in [0.5, 0.6) is 0 Å². The van der Waals surface area contributed by atoms with E-state index in [1.54, 1.807) is 13.1 Å². The van der Waals surface area contributed by atoms with Crippen molar-refractivity contribution in [3.63, 3.8) is 0 Å². The van der Waals surface area contributed by atoms with Crippen molar-refractivity contribution in [2.24, 2.45) is 7.05 Å². The van der Waals surface area contributed by atoms with Crippen LogP contribution in [0.2, 0.25) is 0 Å². The number of aromatic nitrogens is 5. The zero-order valence-corrected chi connectivity index (χ0v) is 11.2. The molecule has 2 N–H and O–H groups in total. The molecule has 0 bridgehead atoms. The van der Waals surface area contributed by atoms with Crippen molar-refractivity contribution in [3.8, 4) is 0 Å². The van der Waals surface area contributed by atoms with Crippen LogP contribution in [0.4, 0.5) is 11.8 Å². The Morgan fingerprint density at radius 2 is 2.21 bits per heavy atom. The fraction of sp³-hybridized carbons (Fsp3) is 0.333. The Labute approximate surface area is 110 Å². The van der Waals surface area contributed by atoms with Crippen molar-refractivity contribution >= 4 is 21.8 Å². The van der Waals surface area contributed by atoms with Gasteiger partial charge in [-0.25, -0.2) is 18.1 Å². The van der Waals surface area contributed by atoms with Crippen LogP contribution in [0, 0.1) is 0 Å². The Hall–Kier alpha value is -2.23. The van der Waals surface area contributed by atoms with Crippen LogP contribution in [0.15, 0.2) is 23.2 Å². The maximum Gasteiger partial charge on any atom is 0.277 e. The van der Waals surface area contributed by atoms with E-state index in [0.717, 1.165) is 4.80 Å². The highest BCUT2D eigenvalue weighted by Crippen LogP contribution is 2.19. The van der Waals surface area contributed by atoms with E-state index in [-0.39, 0.29) is 16.7 Å². The molecule has 0 atom stereocenters. The first-order valence-corrected chi connectivity index (χ1v) is 6.97. The molecule has 0 radical (unpaired) electrons. The lowest BCUT2D eigenvalue weighted by Crippen LogP contribution is -2.17. The van der Waals surface area contributed by atoms with E-state index in [2.05, 4.69) is 30.4 Å². The third kappa shape index (κ3) is 2.96. The SMILES string of the molecule is CCNc1ncccc1S(=O)(=O)Nc1nnn(C)n1. The molecule has 0 aliphatic heterocycles. The smallest absolute Gasteiger partial charge is 0.277 e. The van der Waals surface area contributed by atoms with Gasteiger partial charge in [0.2, 0.25) is 0 Å². The normalized spacial score (nSPS) is 11.3. The Balaban J connectivity index is 2.34. The van der Waals surface area contributed by atoms with Gasteiger partial charge in [-0.1, -0.05) is 5.10 Å². The number of anilines is 2. The molecule has 9 nitrogen and oxygen atoms in total. The van der Waals surface area contributed by atoms with Gasteiger partial charge >= 0.3 is 0 Å². The minimum absolute atomic E-state index is 0.0318. The first kappa shape index (κ1) is 13.2. The summed E-state index contributed by atoms with van der Waals surface area (Å²) in [7, 11) is -2.27. The third-order valence-corrected chi connectivity index (χ3v) is 3.50. The van der Waals surface area contributed by atoms with Crippen molar-refractivity contribution in [1.29, 1.82) is 0 Å². The van der Waals surface area contributed by atoms with Gasteiger partial charge in [-0.2, -0.15) is 4.80 Å². The molecule has 0 fully saturated rings. The molecule has 2 aromatic heterocycles. The van der Waals surface area contributed by atoms with Crippen molar-refractivity contribution in [2.75, 3.05) is 16.6 Å². The van der Waals surface area contributed by atoms with E-state index in [1.807, 2.05) is 6.92 Å². The summed E-state index contributed by atoms with van der Waals surface area (Å²) in [6.07, 6.45) is 1.51. The van der Waals surface area contributed by atoms with Gasteiger partial charge in [0.25, 0.3) is 16.0 Å². The van der Waals surface area contributed by atoms with Gasteiger partial charge in [0.15, 0.2) is 0 Å². The van der Waals surface area contributed by atoms with Crippen LogP contribution in [0.3, 0.4) is 0 Å². The van der Waals surface area contributed by atoms with Gasteiger partial charge in [-0.05, 0) is 24.3 Å². The van der Waals surface area contributed by atoms with E-state index in [9.17, 15) is 8.42 Å². The second-order valence-corrected chi connectivity index (χ2v) is 5.24. The maximum absolute atomic E-state index is 12.2. The highest BCUT2D eigenvalue weighted by Gasteiger charge is 2.21. The lowest BCUT2D eigenvalue weighted by atomic mass is 10.4. The average Bonchev–Trinajstić information content (AvgIpc) is 2.75. The number of hydrogen-bond acceptors (Lipinski definition) is 7. The summed E-state index contributed by atoms with van der Waals surface area (Å²) in [4.78, 5) is 5.18. The Morgan fingerprint density at radius 1 is 1.42 bits per heavy atom. The van der Waals surface area contributed by atoms with E-state index in [4.69, 9.17) is 0 Å². The molecular weight excluding hydrogens is 270 g/mol. The molecule has 10 heteroatoms. The summed E-state index contributed by atoms with van der Waals surface area (Å²) in [5, 5.41) is 13.8. The van der Waals surface area contributed by atoms with Crippen LogP contribution < -0.4 is 10.0 Å². The number of hydrogen-bond donors (Lipinski definition) is 2. The molecule has 2 rings (SSSR count). The quantitative estimate of drug-likeness (QED) is 0.783. The Kier molecular flexibility index (Phi) is 3.60. The second-order valence-electron chi connectivity index (χ2n) is 3.59. The summed E-state index contributed by atoms with van der Waals surface area (Å²) in [5.41, 5.74) is 0. The fourth-order valence-corrected chi connectivity index (χ4v) is 2.48. The molecule has 0 amide bonds. The minimum atomic E-state index is -3.81. The van der Waals surface area contributed by atoms with Gasteiger partial charge in [0.1, 0.15) is 10.7 Å². The largest absolute Gasteiger partial charge is 0.369 e. The first-order valence-electron chi connectivity index (χ1n) is 5.48. The van der Waals surface area contributed by atoms with Crippen molar-refractivity contribution in [1.82, 2.24) is 25.2 Å². The summed E-state index contributed by atoms with van der Waals surface area (Å²) >= 11 is 0. The van der Waals surface area contributed by atoms with Crippen molar-refractivity contribution < 1.29 is 8.42 Å². The van der Waals surface area contributed by atoms with Crippen LogP contribution >= 0.6 is 0 Å². The van der Waals surface area contributed by atoms with E-state index < -0.39 is 10.0 Å². The van der Waals surface area contributed by atoms with Crippen LogP contribution in [0.1, 0.15) is 6.92 Å². The van der Waals surface area contributed by atoms with E-state index >= 15 is 0 Å². The summed E-state index contributed by atoms with van der Waals surface area (Å²) in [5.74, 6) is 0.190. The second kappa shape index (κ2) is 5.18. The molecule has 19 heavy (non-hydrogen) atoms. The molecule has 0 spiro atoms. The average molecular weight is 283 g/mol. The standard InChI is InChI=1S/C9H13N7O2S/c1-3-10-8-7(5-4-6-11-8)19(17,18)14-9-12-15-16(2)13-9/h4-6H,3H2,1-2H3,(H,10,11)(H,13,14). The molecule has 0 aromatic carbocycles. The fourth-order valence-electron chi connectivity index (χ4n) is 1.41. The van der Waals surface area contributed by atoms with Gasteiger partial charge in [0.05, 0.1) is 7.05 Å². The molecule has 0 saturated heterocycles. The van der Waals surface area contributed by atoms with Gasteiger partial charge in [0, 0.05) is 12.7 Å². The van der Waals surface area contributed by atoms with E-state index in [0.29, 0.717) is 6.54 Å². The number of nitrogens with one attached hydrogen (secondary N) is 2. The zero-order chi connectivity index (χ0) is 13.9. The van der Waals surface area contributed by atoms with Crippen molar-refractivity contribution in [2.45, 2.75) is 11.8 Å². The molecule has 0 saturated carbocycles. The lowest BCUT2D eigenvalue weighted by molar-refractivity contribution is 0.600. The minimum Gasteiger partial charge on any atom is -0.369 e. The Morgan fingerprint density at radius 3 is 2.84 bits per heavy atom. The number of nitrogens with zero attached hydrogens (tertiary/aromatic N) is 5. The molecule has 2 heterocycles. The summed E-state index contributed by atoms with van der Waals surface area (Å²) in [6, 6.07) is 2.99. The predicted molar refractivity (Wildman–Crippen MR) is 68.0 cm³/mol. The number of aryl methyl sites for hydroxylation is 1. The number of sulfonamides is 1. The summed E-state index contributed by atoms with van der Waals surface area (Å²) < 4.78 is 26.6. The Bertz CT molecular complexity index is 667. The first-order chi connectivity index (χ1) is 9.03. The molecule has 2 aromatic rings. The monoisotopic (exact) mass is 283 g/mol. The summed E-state index contributed by atoms with van der Waals surface area (Å²) in [6.45, 7) is 2.41.